The van der Waals surface area contributed by atoms with Crippen LogP contribution in [0.1, 0.15) is 84.1 Å². The highest BCUT2D eigenvalue weighted by molar-refractivity contribution is 5.82. The van der Waals surface area contributed by atoms with Crippen LogP contribution in [0.25, 0.3) is 0 Å². The second kappa shape index (κ2) is 7.78. The van der Waals surface area contributed by atoms with Gasteiger partial charge in [0.2, 0.25) is 0 Å². The second-order valence-electron chi connectivity index (χ2n) is 12.4. The Kier molecular flexibility index (Phi) is 5.43. The van der Waals surface area contributed by atoms with Crippen molar-refractivity contribution < 1.29 is 9.90 Å². The molecule has 4 aliphatic carbocycles. The van der Waals surface area contributed by atoms with Crippen molar-refractivity contribution in [1.82, 2.24) is 9.78 Å². The van der Waals surface area contributed by atoms with E-state index in [-0.39, 0.29) is 11.3 Å². The molecular formula is C27H41N3O2. The molecule has 5 heteroatoms. The van der Waals surface area contributed by atoms with Crippen molar-refractivity contribution in [3.63, 3.8) is 0 Å². The zero-order chi connectivity index (χ0) is 22.7. The van der Waals surface area contributed by atoms with Gasteiger partial charge >= 0.3 is 0 Å². The lowest BCUT2D eigenvalue weighted by Crippen LogP contribution is -2.55. The van der Waals surface area contributed by atoms with Crippen LogP contribution in [0.15, 0.2) is 17.4 Å². The number of carbonyl (C=O) groups is 1. The topological polar surface area (TPSA) is 67.5 Å². The van der Waals surface area contributed by atoms with Gasteiger partial charge in [0, 0.05) is 17.7 Å². The van der Waals surface area contributed by atoms with Gasteiger partial charge in [-0.05, 0) is 106 Å². The fourth-order valence-corrected chi connectivity index (χ4v) is 8.93. The molecular weight excluding hydrogens is 398 g/mol. The van der Waals surface area contributed by atoms with Crippen LogP contribution < -0.4 is 0 Å². The average molecular weight is 440 g/mol. The number of rotatable bonds is 5. The van der Waals surface area contributed by atoms with Crippen LogP contribution in [0.2, 0.25) is 0 Å². The third-order valence-corrected chi connectivity index (χ3v) is 10.6. The molecule has 4 aliphatic rings. The van der Waals surface area contributed by atoms with E-state index in [0.29, 0.717) is 36.1 Å². The molecule has 0 spiro atoms. The van der Waals surface area contributed by atoms with E-state index >= 15 is 0 Å². The van der Waals surface area contributed by atoms with E-state index in [9.17, 15) is 9.90 Å². The molecule has 0 amide bonds. The molecule has 5 rings (SSSR count). The van der Waals surface area contributed by atoms with Crippen LogP contribution in [0.4, 0.5) is 0 Å². The lowest BCUT2D eigenvalue weighted by molar-refractivity contribution is -0.151. The van der Waals surface area contributed by atoms with Crippen molar-refractivity contribution in [2.75, 3.05) is 0 Å². The molecule has 4 fully saturated rings. The molecule has 4 saturated carbocycles. The highest BCUT2D eigenvalue weighted by Crippen LogP contribution is 2.68. The SMILES string of the molecule is C=NCc1cnn(CC(=O)[C@H]2CC[C@H]3[C@@H]4CC[C@H]5C[C@](C)(O)CC[C@]5(C)[C@H]4CC[C@]23C)c1. The van der Waals surface area contributed by atoms with Gasteiger partial charge in [0.25, 0.3) is 0 Å². The Morgan fingerprint density at radius 1 is 1.12 bits per heavy atom. The standard InChI is InChI=1S/C27H41N3O2/c1-25(32)11-12-26(2)19(13-25)5-6-20-21-7-8-23(27(21,3)10-9-22(20)26)24(31)17-30-16-18(14-28-4)15-29-30/h15-16,19-23,32H,4-14,17H2,1-3H3/t19-,20-,21-,22-,23+,25+,26-,27-/m0/s1. The Morgan fingerprint density at radius 3 is 2.69 bits per heavy atom. The van der Waals surface area contributed by atoms with E-state index in [4.69, 9.17) is 0 Å². The van der Waals surface area contributed by atoms with Crippen LogP contribution >= 0.6 is 0 Å². The third kappa shape index (κ3) is 3.50. The number of fused-ring (bicyclic) bond motifs is 5. The summed E-state index contributed by atoms with van der Waals surface area (Å²) < 4.78 is 1.80. The lowest BCUT2D eigenvalue weighted by atomic mass is 9.44. The number of hydrogen-bond acceptors (Lipinski definition) is 4. The van der Waals surface area contributed by atoms with Crippen molar-refractivity contribution in [1.29, 1.82) is 0 Å². The number of aromatic nitrogens is 2. The number of aliphatic hydroxyl groups is 1. The summed E-state index contributed by atoms with van der Waals surface area (Å²) >= 11 is 0. The molecule has 1 aromatic heterocycles. The fourth-order valence-electron chi connectivity index (χ4n) is 8.93. The van der Waals surface area contributed by atoms with Crippen LogP contribution in [0.3, 0.4) is 0 Å². The molecule has 0 aliphatic heterocycles. The number of ketones is 1. The first-order valence-electron chi connectivity index (χ1n) is 12.9. The van der Waals surface area contributed by atoms with Crippen molar-refractivity contribution in [2.45, 2.75) is 97.2 Å². The van der Waals surface area contributed by atoms with Crippen molar-refractivity contribution >= 4 is 12.5 Å². The molecule has 0 unspecified atom stereocenters. The zero-order valence-electron chi connectivity index (χ0n) is 20.2. The maximum atomic E-state index is 13.4. The lowest BCUT2D eigenvalue weighted by Gasteiger charge is -2.61. The third-order valence-electron chi connectivity index (χ3n) is 10.6. The minimum atomic E-state index is -0.473. The molecule has 0 saturated heterocycles. The van der Waals surface area contributed by atoms with Crippen molar-refractivity contribution in [3.05, 3.63) is 18.0 Å². The predicted molar refractivity (Wildman–Crippen MR) is 126 cm³/mol. The molecule has 176 valence electrons. The van der Waals surface area contributed by atoms with E-state index in [1.165, 1.54) is 38.5 Å². The average Bonchev–Trinajstić information content (AvgIpc) is 3.32. The first-order chi connectivity index (χ1) is 15.2. The van der Waals surface area contributed by atoms with Crippen LogP contribution in [0, 0.1) is 40.4 Å². The number of carbonyl (C=O) groups excluding carboxylic acids is 1. The monoisotopic (exact) mass is 439 g/mol. The zero-order valence-corrected chi connectivity index (χ0v) is 20.2. The van der Waals surface area contributed by atoms with E-state index in [1.54, 1.807) is 10.9 Å². The van der Waals surface area contributed by atoms with Gasteiger partial charge in [0.1, 0.15) is 0 Å². The number of hydrogen-bond donors (Lipinski definition) is 1. The number of nitrogens with zero attached hydrogens (tertiary/aromatic N) is 3. The fraction of sp³-hybridized carbons (Fsp3) is 0.815. The predicted octanol–water partition coefficient (Wildman–Crippen LogP) is 5.06. The molecule has 8 atom stereocenters. The van der Waals surface area contributed by atoms with Gasteiger partial charge in [-0.25, -0.2) is 0 Å². The Hall–Kier alpha value is -1.49. The van der Waals surface area contributed by atoms with E-state index in [0.717, 1.165) is 36.7 Å². The molecule has 0 radical (unpaired) electrons. The Balaban J connectivity index is 1.31. The highest BCUT2D eigenvalue weighted by Gasteiger charge is 2.61. The second-order valence-corrected chi connectivity index (χ2v) is 12.4. The molecule has 1 heterocycles. The quantitative estimate of drug-likeness (QED) is 0.652. The highest BCUT2D eigenvalue weighted by atomic mass is 16.3. The Bertz CT molecular complexity index is 891. The minimum absolute atomic E-state index is 0.139. The van der Waals surface area contributed by atoms with Crippen LogP contribution in [-0.2, 0) is 17.9 Å². The Morgan fingerprint density at radius 2 is 1.91 bits per heavy atom. The van der Waals surface area contributed by atoms with E-state index in [1.807, 2.05) is 13.1 Å². The van der Waals surface area contributed by atoms with Crippen molar-refractivity contribution in [3.8, 4) is 0 Å². The summed E-state index contributed by atoms with van der Waals surface area (Å²) in [5.74, 6) is 3.39. The van der Waals surface area contributed by atoms with Crippen molar-refractivity contribution in [2.24, 2.45) is 45.4 Å². The first-order valence-corrected chi connectivity index (χ1v) is 12.9. The minimum Gasteiger partial charge on any atom is -0.390 e. The van der Waals surface area contributed by atoms with E-state index < -0.39 is 5.60 Å². The van der Waals surface area contributed by atoms with Gasteiger partial charge in [-0.1, -0.05) is 13.8 Å². The number of Topliss-reactive ketones (excluding diaryl/α,β-unsaturated/α-hetero) is 1. The van der Waals surface area contributed by atoms with Gasteiger partial charge in [0.15, 0.2) is 5.78 Å². The van der Waals surface area contributed by atoms with Gasteiger partial charge in [-0.15, -0.1) is 0 Å². The molecule has 1 aromatic rings. The summed E-state index contributed by atoms with van der Waals surface area (Å²) in [5.41, 5.74) is 1.05. The van der Waals surface area contributed by atoms with Crippen LogP contribution in [-0.4, -0.2) is 33.0 Å². The summed E-state index contributed by atoms with van der Waals surface area (Å²) in [5, 5.41) is 15.1. The maximum absolute atomic E-state index is 13.4. The molecule has 0 bridgehead atoms. The molecule has 5 nitrogen and oxygen atoms in total. The summed E-state index contributed by atoms with van der Waals surface area (Å²) in [6.45, 7) is 11.5. The summed E-state index contributed by atoms with van der Waals surface area (Å²) in [7, 11) is 0. The van der Waals surface area contributed by atoms with Gasteiger partial charge in [0.05, 0.1) is 24.9 Å². The summed E-state index contributed by atoms with van der Waals surface area (Å²) in [6.07, 6.45) is 14.1. The largest absolute Gasteiger partial charge is 0.390 e. The Labute approximate surface area is 193 Å². The van der Waals surface area contributed by atoms with Gasteiger partial charge < -0.3 is 5.11 Å². The number of aliphatic imine (C=N–C) groups is 1. The van der Waals surface area contributed by atoms with Crippen LogP contribution in [0.5, 0.6) is 0 Å². The first kappa shape index (κ1) is 22.3. The normalized spacial score (nSPS) is 45.6. The summed E-state index contributed by atoms with van der Waals surface area (Å²) in [6, 6.07) is 0. The summed E-state index contributed by atoms with van der Waals surface area (Å²) in [4.78, 5) is 17.4. The molecule has 0 aromatic carbocycles. The van der Waals surface area contributed by atoms with Gasteiger partial charge in [-0.2, -0.15) is 5.10 Å². The molecule has 32 heavy (non-hydrogen) atoms. The molecule has 1 N–H and O–H groups in total. The smallest absolute Gasteiger partial charge is 0.157 e. The van der Waals surface area contributed by atoms with E-state index in [2.05, 4.69) is 30.7 Å². The maximum Gasteiger partial charge on any atom is 0.157 e. The van der Waals surface area contributed by atoms with Gasteiger partial charge in [-0.3, -0.25) is 14.5 Å².